The molecule has 86 valence electrons. The molecule has 1 rings (SSSR count). The standard InChI is InChI=1S/C8H7NO6S/c10-5-6-15-16(13,14)8-3-1-7(2-4-8)9(11)12/h1-5H,6H2. The molecular weight excluding hydrogens is 238 g/mol. The molecule has 16 heavy (non-hydrogen) atoms. The van der Waals surface area contributed by atoms with E-state index in [0.29, 0.717) is 6.29 Å². The summed E-state index contributed by atoms with van der Waals surface area (Å²) >= 11 is 0. The summed E-state index contributed by atoms with van der Waals surface area (Å²) in [6.07, 6.45) is 0.295. The number of nitro benzene ring substituents is 1. The van der Waals surface area contributed by atoms with E-state index in [2.05, 4.69) is 4.18 Å². The van der Waals surface area contributed by atoms with Gasteiger partial charge in [0, 0.05) is 12.1 Å². The highest BCUT2D eigenvalue weighted by Gasteiger charge is 2.16. The van der Waals surface area contributed by atoms with Gasteiger partial charge >= 0.3 is 0 Å². The van der Waals surface area contributed by atoms with Gasteiger partial charge in [-0.05, 0) is 12.1 Å². The van der Waals surface area contributed by atoms with Crippen molar-refractivity contribution in [3.8, 4) is 0 Å². The number of non-ortho nitro benzene ring substituents is 1. The average Bonchev–Trinajstić information content (AvgIpc) is 2.26. The van der Waals surface area contributed by atoms with E-state index >= 15 is 0 Å². The summed E-state index contributed by atoms with van der Waals surface area (Å²) in [5.74, 6) is 0. The fourth-order valence-electron chi connectivity index (χ4n) is 0.920. The smallest absolute Gasteiger partial charge is 0.297 e. The maximum absolute atomic E-state index is 11.3. The van der Waals surface area contributed by atoms with Crippen molar-refractivity contribution in [2.75, 3.05) is 6.61 Å². The zero-order valence-electron chi connectivity index (χ0n) is 7.90. The van der Waals surface area contributed by atoms with Gasteiger partial charge in [-0.2, -0.15) is 8.42 Å². The predicted octanol–water partition coefficient (Wildman–Crippen LogP) is 0.499. The van der Waals surface area contributed by atoms with Crippen LogP contribution in [0.3, 0.4) is 0 Å². The molecule has 0 aromatic heterocycles. The van der Waals surface area contributed by atoms with Crippen LogP contribution in [-0.4, -0.2) is 26.2 Å². The van der Waals surface area contributed by atoms with Gasteiger partial charge in [0.25, 0.3) is 15.8 Å². The highest BCUT2D eigenvalue weighted by molar-refractivity contribution is 7.86. The number of nitro groups is 1. The van der Waals surface area contributed by atoms with E-state index in [1.165, 1.54) is 0 Å². The summed E-state index contributed by atoms with van der Waals surface area (Å²) in [6, 6.07) is 4.16. The molecule has 0 aliphatic rings. The van der Waals surface area contributed by atoms with Crippen molar-refractivity contribution in [1.82, 2.24) is 0 Å². The average molecular weight is 245 g/mol. The lowest BCUT2D eigenvalue weighted by Gasteiger charge is -2.01. The minimum atomic E-state index is -4.02. The first kappa shape index (κ1) is 12.3. The lowest BCUT2D eigenvalue weighted by atomic mass is 10.3. The summed E-state index contributed by atoms with van der Waals surface area (Å²) < 4.78 is 26.9. The second-order valence-electron chi connectivity index (χ2n) is 2.66. The monoisotopic (exact) mass is 245 g/mol. The molecule has 0 fully saturated rings. The van der Waals surface area contributed by atoms with Crippen LogP contribution in [0.15, 0.2) is 29.2 Å². The van der Waals surface area contributed by atoms with Crippen molar-refractivity contribution in [1.29, 1.82) is 0 Å². The Labute approximate surface area is 90.9 Å². The molecule has 0 spiro atoms. The second kappa shape index (κ2) is 4.81. The minimum Gasteiger partial charge on any atom is -0.301 e. The molecular formula is C8H7NO6S. The molecule has 7 nitrogen and oxygen atoms in total. The van der Waals surface area contributed by atoms with Crippen molar-refractivity contribution in [2.24, 2.45) is 0 Å². The fraction of sp³-hybridized carbons (Fsp3) is 0.125. The van der Waals surface area contributed by atoms with Gasteiger partial charge in [-0.1, -0.05) is 0 Å². The maximum Gasteiger partial charge on any atom is 0.297 e. The Bertz CT molecular complexity index is 492. The molecule has 0 aliphatic carbocycles. The normalized spacial score (nSPS) is 11.0. The second-order valence-corrected chi connectivity index (χ2v) is 4.27. The summed E-state index contributed by atoms with van der Waals surface area (Å²) in [5, 5.41) is 10.3. The van der Waals surface area contributed by atoms with Gasteiger partial charge in [0.05, 0.1) is 9.82 Å². The van der Waals surface area contributed by atoms with Crippen LogP contribution in [0.1, 0.15) is 0 Å². The Hall–Kier alpha value is -1.80. The zero-order chi connectivity index (χ0) is 12.2. The fourth-order valence-corrected chi connectivity index (χ4v) is 1.76. The van der Waals surface area contributed by atoms with Crippen molar-refractivity contribution in [3.63, 3.8) is 0 Å². The van der Waals surface area contributed by atoms with E-state index in [-0.39, 0.29) is 10.6 Å². The van der Waals surface area contributed by atoms with Gasteiger partial charge in [-0.3, -0.25) is 14.3 Å². The molecule has 0 amide bonds. The van der Waals surface area contributed by atoms with Gasteiger partial charge in [0.15, 0.2) is 0 Å². The van der Waals surface area contributed by atoms with E-state index in [9.17, 15) is 23.3 Å². The summed E-state index contributed by atoms with van der Waals surface area (Å²) in [7, 11) is -4.02. The van der Waals surface area contributed by atoms with Crippen LogP contribution in [0, 0.1) is 10.1 Å². The van der Waals surface area contributed by atoms with E-state index < -0.39 is 21.6 Å². The third kappa shape index (κ3) is 2.84. The third-order valence-corrected chi connectivity index (χ3v) is 2.92. The van der Waals surface area contributed by atoms with Crippen LogP contribution in [0.2, 0.25) is 0 Å². The number of carbonyl (C=O) groups excluding carboxylic acids is 1. The van der Waals surface area contributed by atoms with E-state index in [1.54, 1.807) is 0 Å². The third-order valence-electron chi connectivity index (χ3n) is 1.63. The Balaban J connectivity index is 2.97. The Morgan fingerprint density at radius 3 is 2.31 bits per heavy atom. The quantitative estimate of drug-likeness (QED) is 0.324. The highest BCUT2D eigenvalue weighted by atomic mass is 32.2. The van der Waals surface area contributed by atoms with Gasteiger partial charge in [-0.15, -0.1) is 0 Å². The summed E-state index contributed by atoms with van der Waals surface area (Å²) in [5.41, 5.74) is -0.227. The van der Waals surface area contributed by atoms with Crippen LogP contribution >= 0.6 is 0 Å². The number of nitrogens with zero attached hydrogens (tertiary/aromatic N) is 1. The van der Waals surface area contributed by atoms with Gasteiger partial charge in [0.1, 0.15) is 12.9 Å². The Kier molecular flexibility index (Phi) is 3.69. The Morgan fingerprint density at radius 1 is 1.31 bits per heavy atom. The van der Waals surface area contributed by atoms with E-state index in [4.69, 9.17) is 0 Å². The predicted molar refractivity (Wildman–Crippen MR) is 52.3 cm³/mol. The Morgan fingerprint density at radius 2 is 1.88 bits per heavy atom. The van der Waals surface area contributed by atoms with Crippen LogP contribution in [0.25, 0.3) is 0 Å². The zero-order valence-corrected chi connectivity index (χ0v) is 8.72. The molecule has 0 unspecified atom stereocenters. The number of carbonyl (C=O) groups is 1. The summed E-state index contributed by atoms with van der Waals surface area (Å²) in [4.78, 5) is 19.4. The topological polar surface area (TPSA) is 104 Å². The molecule has 0 aliphatic heterocycles. The maximum atomic E-state index is 11.3. The number of benzene rings is 1. The molecule has 0 N–H and O–H groups in total. The highest BCUT2D eigenvalue weighted by Crippen LogP contribution is 2.17. The van der Waals surface area contributed by atoms with Crippen molar-refractivity contribution in [2.45, 2.75) is 4.90 Å². The first-order valence-electron chi connectivity index (χ1n) is 4.05. The molecule has 0 bridgehead atoms. The molecule has 8 heteroatoms. The van der Waals surface area contributed by atoms with E-state index in [1.807, 2.05) is 0 Å². The van der Waals surface area contributed by atoms with Crippen LogP contribution in [-0.2, 0) is 19.1 Å². The number of hydrogen-bond donors (Lipinski definition) is 0. The molecule has 1 aromatic rings. The first-order chi connectivity index (χ1) is 7.47. The van der Waals surface area contributed by atoms with Crippen molar-refractivity contribution >= 4 is 22.1 Å². The van der Waals surface area contributed by atoms with Gasteiger partial charge in [-0.25, -0.2) is 0 Å². The number of aldehydes is 1. The first-order valence-corrected chi connectivity index (χ1v) is 5.46. The largest absolute Gasteiger partial charge is 0.301 e. The molecule has 1 aromatic carbocycles. The van der Waals surface area contributed by atoms with E-state index in [0.717, 1.165) is 24.3 Å². The van der Waals surface area contributed by atoms with Crippen LogP contribution in [0.5, 0.6) is 0 Å². The SMILES string of the molecule is O=CCOS(=O)(=O)c1ccc([N+](=O)[O-])cc1. The molecule has 0 saturated heterocycles. The molecule has 0 atom stereocenters. The van der Waals surface area contributed by atoms with Crippen LogP contribution < -0.4 is 0 Å². The lowest BCUT2D eigenvalue weighted by molar-refractivity contribution is -0.384. The van der Waals surface area contributed by atoms with Gasteiger partial charge < -0.3 is 4.79 Å². The summed E-state index contributed by atoms with van der Waals surface area (Å²) in [6.45, 7) is -0.584. The number of hydrogen-bond acceptors (Lipinski definition) is 6. The van der Waals surface area contributed by atoms with Gasteiger partial charge in [0.2, 0.25) is 0 Å². The number of rotatable bonds is 5. The molecule has 0 radical (unpaired) electrons. The minimum absolute atomic E-state index is 0.227. The van der Waals surface area contributed by atoms with Crippen LogP contribution in [0.4, 0.5) is 5.69 Å². The molecule has 0 heterocycles. The lowest BCUT2D eigenvalue weighted by Crippen LogP contribution is -2.08. The van der Waals surface area contributed by atoms with Crippen molar-refractivity contribution < 1.29 is 22.3 Å². The molecule has 0 saturated carbocycles. The van der Waals surface area contributed by atoms with Crippen molar-refractivity contribution in [3.05, 3.63) is 34.4 Å².